The first-order valence-electron chi connectivity index (χ1n) is 11.6. The van der Waals surface area contributed by atoms with Gasteiger partial charge in [0.25, 0.3) is 0 Å². The van der Waals surface area contributed by atoms with E-state index in [1.165, 1.54) is 14.0 Å². The second kappa shape index (κ2) is 10.2. The van der Waals surface area contributed by atoms with Crippen LogP contribution in [0.25, 0.3) is 11.3 Å². The Hall–Kier alpha value is -4.50. The summed E-state index contributed by atoms with van der Waals surface area (Å²) in [4.78, 5) is 30.3. The second-order valence-corrected chi connectivity index (χ2v) is 8.85. The molecule has 1 aliphatic heterocycles. The number of nitrogens with zero attached hydrogens (tertiary/aromatic N) is 2. The number of aromatic nitrogens is 1. The smallest absolute Gasteiger partial charge is 0.338 e. The van der Waals surface area contributed by atoms with Gasteiger partial charge >= 0.3 is 5.97 Å². The van der Waals surface area contributed by atoms with Crippen molar-refractivity contribution in [3.8, 4) is 11.3 Å². The minimum atomic E-state index is -0.440. The molecule has 2 atom stereocenters. The number of anilines is 2. The number of carbonyl (C=O) groups excluding carboxylic acids is 2. The van der Waals surface area contributed by atoms with E-state index in [-0.39, 0.29) is 18.0 Å². The fourth-order valence-electron chi connectivity index (χ4n) is 4.47. The number of methoxy groups -OCH3 is 1. The largest absolute Gasteiger partial charge is 0.465 e. The molecule has 2 aromatic heterocycles. The van der Waals surface area contributed by atoms with Crippen molar-refractivity contribution in [3.05, 3.63) is 102 Å². The lowest BCUT2D eigenvalue weighted by Gasteiger charge is -2.26. The van der Waals surface area contributed by atoms with E-state index in [0.717, 1.165) is 11.4 Å². The number of carbonyl (C=O) groups is 2. The predicted molar refractivity (Wildman–Crippen MR) is 144 cm³/mol. The molecule has 1 aliphatic rings. The fraction of sp³-hybridized carbons (Fsp3) is 0.143. The van der Waals surface area contributed by atoms with E-state index in [0.29, 0.717) is 33.4 Å². The zero-order valence-electron chi connectivity index (χ0n) is 20.2. The standard InChI is InChI=1S/C28H24N4O4S/c1-17(33)30-18-10-12-19(13-11-18)32-26(25(31-28(32)37)22-9-5-6-16-29-22)24-15-14-23(36-24)20-7-3-4-8-21(20)27(34)35-2/h3-16,25-26H,1-2H3,(H,30,33)(H,31,37)/t25-,26+/m1/s1. The van der Waals surface area contributed by atoms with E-state index >= 15 is 0 Å². The van der Waals surface area contributed by atoms with Crippen molar-refractivity contribution < 1.29 is 18.7 Å². The summed E-state index contributed by atoms with van der Waals surface area (Å²) in [6.45, 7) is 1.47. The third-order valence-electron chi connectivity index (χ3n) is 6.08. The van der Waals surface area contributed by atoms with Gasteiger partial charge in [0, 0.05) is 30.1 Å². The van der Waals surface area contributed by atoms with E-state index in [9.17, 15) is 9.59 Å². The zero-order valence-corrected chi connectivity index (χ0v) is 21.0. The molecule has 1 fully saturated rings. The first-order chi connectivity index (χ1) is 18.0. The van der Waals surface area contributed by atoms with E-state index in [1.54, 1.807) is 18.3 Å². The number of rotatable bonds is 6. The highest BCUT2D eigenvalue weighted by atomic mass is 32.1. The molecule has 0 unspecified atom stereocenters. The lowest BCUT2D eigenvalue weighted by Crippen LogP contribution is -2.29. The van der Waals surface area contributed by atoms with Gasteiger partial charge in [-0.25, -0.2) is 4.79 Å². The van der Waals surface area contributed by atoms with E-state index in [4.69, 9.17) is 21.4 Å². The lowest BCUT2D eigenvalue weighted by atomic mass is 10.0. The number of hydrogen-bond acceptors (Lipinski definition) is 6. The Morgan fingerprint density at radius 3 is 2.49 bits per heavy atom. The average Bonchev–Trinajstić information content (AvgIpc) is 3.53. The molecule has 186 valence electrons. The number of thiocarbonyl (C=S) groups is 1. The molecule has 0 aliphatic carbocycles. The van der Waals surface area contributed by atoms with Crippen molar-refractivity contribution in [3.63, 3.8) is 0 Å². The highest BCUT2D eigenvalue weighted by molar-refractivity contribution is 7.80. The maximum absolute atomic E-state index is 12.3. The molecule has 2 aromatic carbocycles. The van der Waals surface area contributed by atoms with Crippen LogP contribution in [0, 0.1) is 0 Å². The van der Waals surface area contributed by atoms with Crippen molar-refractivity contribution in [1.82, 2.24) is 10.3 Å². The Morgan fingerprint density at radius 1 is 1.03 bits per heavy atom. The third kappa shape index (κ3) is 4.81. The van der Waals surface area contributed by atoms with Gasteiger partial charge in [-0.3, -0.25) is 9.78 Å². The topological polar surface area (TPSA) is 96.7 Å². The first kappa shape index (κ1) is 24.2. The molecule has 4 aromatic rings. The van der Waals surface area contributed by atoms with Crippen LogP contribution >= 0.6 is 12.2 Å². The summed E-state index contributed by atoms with van der Waals surface area (Å²) < 4.78 is 11.3. The number of ether oxygens (including phenoxy) is 1. The highest BCUT2D eigenvalue weighted by Gasteiger charge is 2.42. The maximum atomic E-state index is 12.3. The molecule has 0 saturated carbocycles. The highest BCUT2D eigenvalue weighted by Crippen LogP contribution is 2.43. The summed E-state index contributed by atoms with van der Waals surface area (Å²) in [5.41, 5.74) is 3.36. The van der Waals surface area contributed by atoms with Crippen molar-refractivity contribution in [2.45, 2.75) is 19.0 Å². The van der Waals surface area contributed by atoms with Crippen LogP contribution in [-0.2, 0) is 9.53 Å². The summed E-state index contributed by atoms with van der Waals surface area (Å²) in [6.07, 6.45) is 1.74. The lowest BCUT2D eigenvalue weighted by molar-refractivity contribution is -0.114. The van der Waals surface area contributed by atoms with Crippen LogP contribution in [0.15, 0.2) is 89.5 Å². The summed E-state index contributed by atoms with van der Waals surface area (Å²) in [5.74, 6) is 0.595. The predicted octanol–water partition coefficient (Wildman–Crippen LogP) is 5.26. The van der Waals surface area contributed by atoms with Gasteiger partial charge < -0.3 is 24.7 Å². The molecule has 0 bridgehead atoms. The number of furan rings is 1. The molecule has 0 spiro atoms. The van der Waals surface area contributed by atoms with Gasteiger partial charge in [-0.1, -0.05) is 24.3 Å². The summed E-state index contributed by atoms with van der Waals surface area (Å²) in [6, 6.07) is 23.4. The third-order valence-corrected chi connectivity index (χ3v) is 6.39. The number of esters is 1. The fourth-order valence-corrected chi connectivity index (χ4v) is 4.82. The Balaban J connectivity index is 1.57. The average molecular weight is 513 g/mol. The van der Waals surface area contributed by atoms with Gasteiger partial charge in [0.1, 0.15) is 17.6 Å². The van der Waals surface area contributed by atoms with Gasteiger partial charge in [-0.05, 0) is 66.8 Å². The molecule has 3 heterocycles. The monoisotopic (exact) mass is 512 g/mol. The Bertz CT molecular complexity index is 1450. The molecule has 9 heteroatoms. The molecule has 5 rings (SSSR count). The van der Waals surface area contributed by atoms with Crippen LogP contribution in [0.1, 0.15) is 40.8 Å². The first-order valence-corrected chi connectivity index (χ1v) is 12.0. The zero-order chi connectivity index (χ0) is 25.9. The summed E-state index contributed by atoms with van der Waals surface area (Å²) >= 11 is 5.76. The summed E-state index contributed by atoms with van der Waals surface area (Å²) in [7, 11) is 1.35. The van der Waals surface area contributed by atoms with E-state index < -0.39 is 5.97 Å². The van der Waals surface area contributed by atoms with E-state index in [1.807, 2.05) is 71.6 Å². The number of nitrogens with one attached hydrogen (secondary N) is 2. The number of hydrogen-bond donors (Lipinski definition) is 2. The van der Waals surface area contributed by atoms with Gasteiger partial charge in [0.2, 0.25) is 5.91 Å². The van der Waals surface area contributed by atoms with Gasteiger partial charge in [-0.15, -0.1) is 0 Å². The van der Waals surface area contributed by atoms with Gasteiger partial charge in [0.05, 0.1) is 24.4 Å². The SMILES string of the molecule is COC(=O)c1ccccc1-c1ccc([C@H]2[C@@H](c3ccccn3)NC(=S)N2c2ccc(NC(C)=O)cc2)o1. The molecular formula is C28H24N4O4S. The summed E-state index contributed by atoms with van der Waals surface area (Å²) in [5, 5.41) is 6.69. The minimum absolute atomic E-state index is 0.144. The Labute approximate surface area is 219 Å². The van der Waals surface area contributed by atoms with Crippen molar-refractivity contribution >= 4 is 40.6 Å². The number of pyridine rings is 1. The number of amides is 1. The van der Waals surface area contributed by atoms with Crippen molar-refractivity contribution in [2.75, 3.05) is 17.3 Å². The van der Waals surface area contributed by atoms with Crippen molar-refractivity contribution in [1.29, 1.82) is 0 Å². The van der Waals surface area contributed by atoms with Crippen LogP contribution in [0.5, 0.6) is 0 Å². The molecular weight excluding hydrogens is 488 g/mol. The Morgan fingerprint density at radius 2 is 1.78 bits per heavy atom. The van der Waals surface area contributed by atoms with Crippen LogP contribution in [-0.4, -0.2) is 29.1 Å². The second-order valence-electron chi connectivity index (χ2n) is 8.46. The number of benzene rings is 2. The molecule has 8 nitrogen and oxygen atoms in total. The molecule has 2 N–H and O–H groups in total. The Kier molecular flexibility index (Phi) is 6.70. The van der Waals surface area contributed by atoms with E-state index in [2.05, 4.69) is 15.6 Å². The van der Waals surface area contributed by atoms with Crippen molar-refractivity contribution in [2.24, 2.45) is 0 Å². The van der Waals surface area contributed by atoms with Crippen LogP contribution < -0.4 is 15.5 Å². The quantitative estimate of drug-likeness (QED) is 0.267. The molecule has 37 heavy (non-hydrogen) atoms. The minimum Gasteiger partial charge on any atom is -0.465 e. The van der Waals surface area contributed by atoms with Crippen LogP contribution in [0.3, 0.4) is 0 Å². The molecule has 1 saturated heterocycles. The maximum Gasteiger partial charge on any atom is 0.338 e. The van der Waals surface area contributed by atoms with Crippen LogP contribution in [0.4, 0.5) is 11.4 Å². The van der Waals surface area contributed by atoms with Crippen LogP contribution in [0.2, 0.25) is 0 Å². The van der Waals surface area contributed by atoms with Gasteiger partial charge in [-0.2, -0.15) is 0 Å². The molecule has 0 radical (unpaired) electrons. The molecule has 1 amide bonds. The normalized spacial score (nSPS) is 16.8. The van der Waals surface area contributed by atoms with Gasteiger partial charge in [0.15, 0.2) is 5.11 Å².